The van der Waals surface area contributed by atoms with Crippen molar-refractivity contribution in [1.29, 1.82) is 0 Å². The number of thiazole rings is 1. The highest BCUT2D eigenvalue weighted by Gasteiger charge is 2.13. The van der Waals surface area contributed by atoms with E-state index in [-0.39, 0.29) is 13.2 Å². The van der Waals surface area contributed by atoms with E-state index in [9.17, 15) is 8.42 Å². The third-order valence-electron chi connectivity index (χ3n) is 3.57. The van der Waals surface area contributed by atoms with Gasteiger partial charge in [0.2, 0.25) is 10.0 Å². The molecule has 0 amide bonds. The number of aryl methyl sites for hydroxylation is 1. The molecule has 9 heteroatoms. The van der Waals surface area contributed by atoms with Gasteiger partial charge in [0.05, 0.1) is 21.5 Å². The summed E-state index contributed by atoms with van der Waals surface area (Å²) in [7, 11) is -3.21. The molecule has 134 valence electrons. The number of hydrogen-bond donors (Lipinski definition) is 2. The van der Waals surface area contributed by atoms with Gasteiger partial charge in [-0.15, -0.1) is 11.3 Å². The van der Waals surface area contributed by atoms with Gasteiger partial charge in [-0.25, -0.2) is 23.1 Å². The lowest BCUT2D eigenvalue weighted by Gasteiger charge is -2.08. The van der Waals surface area contributed by atoms with Crippen molar-refractivity contribution in [2.24, 2.45) is 0 Å². The molecule has 0 aliphatic rings. The average molecular weight is 380 g/mol. The number of rotatable bonds is 7. The summed E-state index contributed by atoms with van der Waals surface area (Å²) in [5.74, 6) is 1.03. The van der Waals surface area contributed by atoms with Gasteiger partial charge in [0.25, 0.3) is 0 Å². The number of benzene rings is 1. The highest BCUT2D eigenvalue weighted by Crippen LogP contribution is 2.34. The number of fused-ring (bicyclic) bond motifs is 3. The van der Waals surface area contributed by atoms with E-state index in [0.717, 1.165) is 45.2 Å². The first-order valence-corrected chi connectivity index (χ1v) is 10.6. The predicted molar refractivity (Wildman–Crippen MR) is 102 cm³/mol. The van der Waals surface area contributed by atoms with Crippen molar-refractivity contribution in [1.82, 2.24) is 14.7 Å². The molecule has 0 spiro atoms. The Bertz CT molecular complexity index is 1020. The number of nitrogens with two attached hydrogens (primary N) is 1. The minimum absolute atomic E-state index is 0.209. The molecule has 3 rings (SSSR count). The third-order valence-corrected chi connectivity index (χ3v) is 5.44. The molecule has 7 nitrogen and oxygen atoms in total. The van der Waals surface area contributed by atoms with Crippen LogP contribution >= 0.6 is 11.3 Å². The Hall–Kier alpha value is -1.97. The third kappa shape index (κ3) is 4.17. The standard InChI is InChI=1S/C16H20N4O3S2/c1-3-4-13-20-14-15(24-13)11-6-5-10(9-12(11)19-16(14)17)23-8-7-18-25(2,21)22/h5-6,9,18H,3-4,7-8H2,1-2H3,(H2,17,19). The van der Waals surface area contributed by atoms with Gasteiger partial charge >= 0.3 is 0 Å². The predicted octanol–water partition coefficient (Wildman–Crippen LogP) is 2.31. The van der Waals surface area contributed by atoms with Crippen LogP contribution in [-0.4, -0.2) is 37.8 Å². The molecular formula is C16H20N4O3S2. The van der Waals surface area contributed by atoms with Crippen LogP contribution in [-0.2, 0) is 16.4 Å². The lowest BCUT2D eigenvalue weighted by Crippen LogP contribution is -2.26. The summed E-state index contributed by atoms with van der Waals surface area (Å²) >= 11 is 1.65. The van der Waals surface area contributed by atoms with E-state index in [1.54, 1.807) is 11.3 Å². The molecule has 1 aromatic carbocycles. The Balaban J connectivity index is 1.86. The maximum absolute atomic E-state index is 11.0. The zero-order chi connectivity index (χ0) is 18.0. The molecule has 2 aromatic heterocycles. The van der Waals surface area contributed by atoms with Crippen LogP contribution in [0.1, 0.15) is 18.4 Å². The highest BCUT2D eigenvalue weighted by molar-refractivity contribution is 7.88. The molecule has 0 aliphatic heterocycles. The Morgan fingerprint density at radius 2 is 2.12 bits per heavy atom. The number of nitrogen functional groups attached to an aromatic ring is 1. The summed E-state index contributed by atoms with van der Waals surface area (Å²) in [5, 5.41) is 2.05. The minimum atomic E-state index is -3.21. The van der Waals surface area contributed by atoms with E-state index >= 15 is 0 Å². The summed E-state index contributed by atoms with van der Waals surface area (Å²) in [5.41, 5.74) is 7.56. The number of ether oxygens (including phenoxy) is 1. The van der Waals surface area contributed by atoms with Crippen molar-refractivity contribution in [2.75, 3.05) is 25.1 Å². The summed E-state index contributed by atoms with van der Waals surface area (Å²) in [6, 6.07) is 5.60. The van der Waals surface area contributed by atoms with Gasteiger partial charge in [-0.2, -0.15) is 0 Å². The molecule has 0 fully saturated rings. The maximum atomic E-state index is 11.0. The van der Waals surface area contributed by atoms with E-state index in [1.165, 1.54) is 0 Å². The van der Waals surface area contributed by atoms with Crippen molar-refractivity contribution in [2.45, 2.75) is 19.8 Å². The Morgan fingerprint density at radius 3 is 2.84 bits per heavy atom. The number of nitrogens with zero attached hydrogens (tertiary/aromatic N) is 2. The number of pyridine rings is 1. The van der Waals surface area contributed by atoms with E-state index < -0.39 is 10.0 Å². The molecule has 0 aliphatic carbocycles. The quantitative estimate of drug-likeness (QED) is 0.609. The normalized spacial score (nSPS) is 12.1. The molecule has 0 unspecified atom stereocenters. The highest BCUT2D eigenvalue weighted by atomic mass is 32.2. The van der Waals surface area contributed by atoms with Crippen LogP contribution in [0.25, 0.3) is 21.1 Å². The lowest BCUT2D eigenvalue weighted by molar-refractivity contribution is 0.323. The van der Waals surface area contributed by atoms with Gasteiger partial charge in [-0.1, -0.05) is 6.92 Å². The van der Waals surface area contributed by atoms with Crippen molar-refractivity contribution in [3.8, 4) is 5.75 Å². The van der Waals surface area contributed by atoms with Gasteiger partial charge in [0.15, 0.2) is 5.82 Å². The first-order valence-electron chi connectivity index (χ1n) is 7.93. The van der Waals surface area contributed by atoms with E-state index in [1.807, 2.05) is 18.2 Å². The fourth-order valence-corrected chi connectivity index (χ4v) is 4.17. The zero-order valence-electron chi connectivity index (χ0n) is 14.1. The van der Waals surface area contributed by atoms with Crippen LogP contribution in [0.15, 0.2) is 18.2 Å². The monoisotopic (exact) mass is 380 g/mol. The molecule has 2 heterocycles. The molecule has 0 radical (unpaired) electrons. The van der Waals surface area contributed by atoms with Crippen LogP contribution in [0.3, 0.4) is 0 Å². The molecule has 0 atom stereocenters. The molecule has 25 heavy (non-hydrogen) atoms. The zero-order valence-corrected chi connectivity index (χ0v) is 15.7. The van der Waals surface area contributed by atoms with Crippen molar-refractivity contribution in [3.63, 3.8) is 0 Å². The Labute approximate surface area is 150 Å². The fraction of sp³-hybridized carbons (Fsp3) is 0.375. The lowest BCUT2D eigenvalue weighted by atomic mass is 10.2. The van der Waals surface area contributed by atoms with Gasteiger partial charge in [0.1, 0.15) is 17.9 Å². The number of sulfonamides is 1. The first kappa shape index (κ1) is 17.8. The van der Waals surface area contributed by atoms with Crippen LogP contribution in [0.4, 0.5) is 5.82 Å². The fourth-order valence-electron chi connectivity index (χ4n) is 2.51. The SMILES string of the molecule is CCCc1nc2c(N)nc3cc(OCCNS(C)(=O)=O)ccc3c2s1. The second kappa shape index (κ2) is 7.11. The van der Waals surface area contributed by atoms with Crippen molar-refractivity contribution in [3.05, 3.63) is 23.2 Å². The maximum Gasteiger partial charge on any atom is 0.208 e. The van der Waals surface area contributed by atoms with Crippen molar-refractivity contribution < 1.29 is 13.2 Å². The molecular weight excluding hydrogens is 360 g/mol. The molecule has 0 saturated carbocycles. The number of anilines is 1. The molecule has 3 aromatic rings. The smallest absolute Gasteiger partial charge is 0.208 e. The molecule has 0 saturated heterocycles. The molecule has 3 N–H and O–H groups in total. The van der Waals surface area contributed by atoms with E-state index in [4.69, 9.17) is 10.5 Å². The summed E-state index contributed by atoms with van der Waals surface area (Å²) in [6.07, 6.45) is 3.07. The van der Waals surface area contributed by atoms with Crippen molar-refractivity contribution >= 4 is 48.3 Å². The van der Waals surface area contributed by atoms with Gasteiger partial charge < -0.3 is 10.5 Å². The summed E-state index contributed by atoms with van der Waals surface area (Å²) in [4.78, 5) is 9.03. The first-order chi connectivity index (χ1) is 11.9. The number of hydrogen-bond acceptors (Lipinski definition) is 7. The van der Waals surface area contributed by atoms with Crippen LogP contribution < -0.4 is 15.2 Å². The topological polar surface area (TPSA) is 107 Å². The number of aromatic nitrogens is 2. The minimum Gasteiger partial charge on any atom is -0.492 e. The Kier molecular flexibility index (Phi) is 5.07. The van der Waals surface area contributed by atoms with Gasteiger partial charge in [0, 0.05) is 18.0 Å². The average Bonchev–Trinajstić information content (AvgIpc) is 2.95. The second-order valence-corrected chi connectivity index (χ2v) is 8.64. The largest absolute Gasteiger partial charge is 0.492 e. The van der Waals surface area contributed by atoms with Crippen LogP contribution in [0.5, 0.6) is 5.75 Å². The Morgan fingerprint density at radius 1 is 1.32 bits per heavy atom. The summed E-state index contributed by atoms with van der Waals surface area (Å²) < 4.78 is 31.1. The van der Waals surface area contributed by atoms with Crippen LogP contribution in [0.2, 0.25) is 0 Å². The second-order valence-electron chi connectivity index (χ2n) is 5.73. The summed E-state index contributed by atoms with van der Waals surface area (Å²) in [6.45, 7) is 2.56. The van der Waals surface area contributed by atoms with E-state index in [0.29, 0.717) is 11.6 Å². The van der Waals surface area contributed by atoms with E-state index in [2.05, 4.69) is 21.6 Å². The van der Waals surface area contributed by atoms with Crippen LogP contribution in [0, 0.1) is 0 Å². The number of nitrogens with one attached hydrogen (secondary N) is 1. The van der Waals surface area contributed by atoms with Gasteiger partial charge in [-0.3, -0.25) is 0 Å². The molecule has 0 bridgehead atoms. The van der Waals surface area contributed by atoms with Gasteiger partial charge in [-0.05, 0) is 25.0 Å².